The van der Waals surface area contributed by atoms with Crippen LogP contribution in [0.1, 0.15) is 12.0 Å². The van der Waals surface area contributed by atoms with E-state index in [1.165, 1.54) is 4.57 Å². The number of carboxylic acid groups (broad SMARTS) is 1. The number of nitrogens with zero attached hydrogens (tertiary/aromatic N) is 1. The van der Waals surface area contributed by atoms with Gasteiger partial charge in [-0.3, -0.25) is 14.2 Å². The second kappa shape index (κ2) is 5.18. The maximum Gasteiger partial charge on any atom is 0.307 e. The Hall–Kier alpha value is -1.88. The molecular formula is C13H13NO3S. The molecule has 0 bridgehead atoms. The van der Waals surface area contributed by atoms with Crippen molar-refractivity contribution in [2.45, 2.75) is 19.9 Å². The van der Waals surface area contributed by atoms with Crippen LogP contribution in [-0.4, -0.2) is 15.6 Å². The number of benzene rings is 1. The largest absolute Gasteiger partial charge is 0.481 e. The van der Waals surface area contributed by atoms with Gasteiger partial charge in [-0.15, -0.1) is 0 Å². The quantitative estimate of drug-likeness (QED) is 0.921. The van der Waals surface area contributed by atoms with E-state index in [-0.39, 0.29) is 17.8 Å². The normalized spacial score (nSPS) is 10.5. The highest BCUT2D eigenvalue weighted by Crippen LogP contribution is 2.23. The van der Waals surface area contributed by atoms with Gasteiger partial charge in [0.1, 0.15) is 0 Å². The lowest BCUT2D eigenvalue weighted by Gasteiger charge is -2.08. The number of carboxylic acids is 1. The van der Waals surface area contributed by atoms with Crippen LogP contribution in [0.3, 0.4) is 0 Å². The number of hydrogen-bond acceptors (Lipinski definition) is 3. The zero-order valence-electron chi connectivity index (χ0n) is 9.92. The van der Waals surface area contributed by atoms with Crippen LogP contribution in [0.5, 0.6) is 0 Å². The lowest BCUT2D eigenvalue weighted by Crippen LogP contribution is -2.16. The molecule has 0 aliphatic rings. The predicted octanol–water partition coefficient (Wildman–Crippen LogP) is 2.36. The van der Waals surface area contributed by atoms with E-state index >= 15 is 0 Å². The first-order chi connectivity index (χ1) is 8.59. The number of rotatable bonds is 4. The average Bonchev–Trinajstić information content (AvgIpc) is 2.68. The Morgan fingerprint density at radius 2 is 2.11 bits per heavy atom. The van der Waals surface area contributed by atoms with E-state index in [0.717, 1.165) is 28.2 Å². The molecule has 0 unspecified atom stereocenters. The molecule has 0 aliphatic carbocycles. The molecule has 1 N–H and O–H groups in total. The number of aliphatic carboxylic acids is 1. The topological polar surface area (TPSA) is 59.3 Å². The maximum absolute atomic E-state index is 11.7. The fourth-order valence-corrected chi connectivity index (χ4v) is 2.60. The van der Waals surface area contributed by atoms with Gasteiger partial charge in [0.25, 0.3) is 0 Å². The Balaban J connectivity index is 2.43. The molecule has 1 aromatic heterocycles. The molecular weight excluding hydrogens is 250 g/mol. The van der Waals surface area contributed by atoms with Crippen LogP contribution in [0.25, 0.3) is 11.3 Å². The van der Waals surface area contributed by atoms with E-state index in [0.29, 0.717) is 0 Å². The van der Waals surface area contributed by atoms with Gasteiger partial charge in [0.05, 0.1) is 12.1 Å². The highest BCUT2D eigenvalue weighted by Gasteiger charge is 2.11. The third kappa shape index (κ3) is 2.51. The summed E-state index contributed by atoms with van der Waals surface area (Å²) in [5, 5.41) is 10.5. The summed E-state index contributed by atoms with van der Waals surface area (Å²) in [5.74, 6) is -0.899. The Morgan fingerprint density at radius 3 is 2.78 bits per heavy atom. The molecule has 0 fully saturated rings. The highest BCUT2D eigenvalue weighted by molar-refractivity contribution is 7.07. The third-order valence-corrected chi connectivity index (χ3v) is 3.52. The van der Waals surface area contributed by atoms with Crippen LogP contribution in [0, 0.1) is 6.92 Å². The summed E-state index contributed by atoms with van der Waals surface area (Å²) < 4.78 is 1.53. The van der Waals surface area contributed by atoms with Gasteiger partial charge >= 0.3 is 10.8 Å². The molecule has 4 nitrogen and oxygen atoms in total. The zero-order valence-corrected chi connectivity index (χ0v) is 10.7. The molecule has 0 radical (unpaired) electrons. The van der Waals surface area contributed by atoms with Crippen molar-refractivity contribution < 1.29 is 9.90 Å². The molecule has 0 aliphatic heterocycles. The number of hydrogen-bond donors (Lipinski definition) is 1. The molecule has 94 valence electrons. The van der Waals surface area contributed by atoms with Crippen LogP contribution in [-0.2, 0) is 11.3 Å². The Kier molecular flexibility index (Phi) is 3.62. The van der Waals surface area contributed by atoms with Gasteiger partial charge in [-0.25, -0.2) is 0 Å². The molecule has 5 heteroatoms. The Morgan fingerprint density at radius 1 is 1.39 bits per heavy atom. The van der Waals surface area contributed by atoms with Crippen LogP contribution in [0.4, 0.5) is 0 Å². The fourth-order valence-electron chi connectivity index (χ4n) is 1.82. The zero-order chi connectivity index (χ0) is 13.1. The molecule has 2 aromatic rings. The summed E-state index contributed by atoms with van der Waals surface area (Å²) in [6.45, 7) is 2.18. The van der Waals surface area contributed by atoms with Crippen molar-refractivity contribution in [3.05, 3.63) is 44.9 Å². The Labute approximate surface area is 108 Å². The summed E-state index contributed by atoms with van der Waals surface area (Å²) in [4.78, 5) is 22.2. The van der Waals surface area contributed by atoms with E-state index in [4.69, 9.17) is 5.11 Å². The SMILES string of the molecule is Cc1ccccc1-c1csc(=O)n1CCC(=O)O. The first kappa shape index (κ1) is 12.6. The van der Waals surface area contributed by atoms with Crippen LogP contribution in [0.15, 0.2) is 34.4 Å². The summed E-state index contributed by atoms with van der Waals surface area (Å²) in [7, 11) is 0. The van der Waals surface area contributed by atoms with E-state index in [1.54, 1.807) is 5.38 Å². The molecule has 1 heterocycles. The van der Waals surface area contributed by atoms with Crippen molar-refractivity contribution in [1.29, 1.82) is 0 Å². The molecule has 2 rings (SSSR count). The second-order valence-electron chi connectivity index (χ2n) is 4.00. The standard InChI is InChI=1S/C13H13NO3S/c1-9-4-2-3-5-10(9)11-8-18-13(17)14(11)7-6-12(15)16/h2-5,8H,6-7H2,1H3,(H,15,16). The minimum absolute atomic E-state index is 0.0461. The smallest absolute Gasteiger partial charge is 0.307 e. The Bertz CT molecular complexity index is 627. The van der Waals surface area contributed by atoms with Gasteiger partial charge in [-0.05, 0) is 12.5 Å². The van der Waals surface area contributed by atoms with E-state index in [9.17, 15) is 9.59 Å². The van der Waals surface area contributed by atoms with Crippen molar-refractivity contribution in [1.82, 2.24) is 4.57 Å². The van der Waals surface area contributed by atoms with Crippen molar-refractivity contribution in [2.24, 2.45) is 0 Å². The molecule has 0 amide bonds. The van der Waals surface area contributed by atoms with Gasteiger partial charge < -0.3 is 5.11 Å². The van der Waals surface area contributed by atoms with Crippen molar-refractivity contribution >= 4 is 17.3 Å². The number of carbonyl (C=O) groups is 1. The van der Waals surface area contributed by atoms with Gasteiger partial charge in [0, 0.05) is 17.5 Å². The van der Waals surface area contributed by atoms with E-state index < -0.39 is 5.97 Å². The lowest BCUT2D eigenvalue weighted by atomic mass is 10.1. The molecule has 0 spiro atoms. The highest BCUT2D eigenvalue weighted by atomic mass is 32.1. The van der Waals surface area contributed by atoms with Gasteiger partial charge in [-0.2, -0.15) is 0 Å². The van der Waals surface area contributed by atoms with E-state index in [2.05, 4.69) is 0 Å². The predicted molar refractivity (Wildman–Crippen MR) is 71.0 cm³/mol. The van der Waals surface area contributed by atoms with E-state index in [1.807, 2.05) is 31.2 Å². The number of aromatic nitrogens is 1. The second-order valence-corrected chi connectivity index (χ2v) is 4.82. The van der Waals surface area contributed by atoms with Crippen LogP contribution < -0.4 is 4.87 Å². The monoisotopic (exact) mass is 263 g/mol. The average molecular weight is 263 g/mol. The van der Waals surface area contributed by atoms with Gasteiger partial charge in [0.2, 0.25) is 0 Å². The minimum Gasteiger partial charge on any atom is -0.481 e. The summed E-state index contributed by atoms with van der Waals surface area (Å²) >= 11 is 1.10. The van der Waals surface area contributed by atoms with Crippen molar-refractivity contribution in [2.75, 3.05) is 0 Å². The number of thiazole rings is 1. The summed E-state index contributed by atoms with van der Waals surface area (Å²) in [6, 6.07) is 7.75. The first-order valence-corrected chi connectivity index (χ1v) is 6.43. The van der Waals surface area contributed by atoms with Gasteiger partial charge in [-0.1, -0.05) is 35.6 Å². The third-order valence-electron chi connectivity index (χ3n) is 2.75. The minimum atomic E-state index is -0.899. The molecule has 0 atom stereocenters. The molecule has 18 heavy (non-hydrogen) atoms. The first-order valence-electron chi connectivity index (χ1n) is 5.55. The van der Waals surface area contributed by atoms with Crippen LogP contribution >= 0.6 is 11.3 Å². The summed E-state index contributed by atoms with van der Waals surface area (Å²) in [5.41, 5.74) is 2.84. The fraction of sp³-hybridized carbons (Fsp3) is 0.231. The van der Waals surface area contributed by atoms with Crippen molar-refractivity contribution in [3.8, 4) is 11.3 Å². The molecule has 1 aromatic carbocycles. The molecule has 0 saturated carbocycles. The number of aryl methyl sites for hydroxylation is 1. The lowest BCUT2D eigenvalue weighted by molar-refractivity contribution is -0.137. The summed E-state index contributed by atoms with van der Waals surface area (Å²) in [6.07, 6.45) is -0.0461. The van der Waals surface area contributed by atoms with Crippen molar-refractivity contribution in [3.63, 3.8) is 0 Å². The van der Waals surface area contributed by atoms with Crippen LogP contribution in [0.2, 0.25) is 0 Å². The maximum atomic E-state index is 11.7. The molecule has 0 saturated heterocycles. The van der Waals surface area contributed by atoms with Gasteiger partial charge in [0.15, 0.2) is 0 Å².